The maximum absolute atomic E-state index is 5.78. The molecule has 0 saturated heterocycles. The molecule has 1 aliphatic carbocycles. The van der Waals surface area contributed by atoms with Crippen molar-refractivity contribution < 1.29 is 0 Å². The van der Waals surface area contributed by atoms with Gasteiger partial charge in [-0.25, -0.2) is 4.68 Å². The number of hydrogen-bond acceptors (Lipinski definition) is 2. The molecule has 82 valence electrons. The summed E-state index contributed by atoms with van der Waals surface area (Å²) in [7, 11) is 0. The van der Waals surface area contributed by atoms with E-state index >= 15 is 0 Å². The highest BCUT2D eigenvalue weighted by Crippen LogP contribution is 2.38. The normalized spacial score (nSPS) is 15.3. The van der Waals surface area contributed by atoms with Gasteiger partial charge in [-0.1, -0.05) is 0 Å². The molecule has 3 rings (SSSR count). The first-order chi connectivity index (χ1) is 7.86. The minimum absolute atomic E-state index is 0.484. The summed E-state index contributed by atoms with van der Waals surface area (Å²) >= 11 is 5.78. The molecule has 0 spiro atoms. The highest BCUT2D eigenvalue weighted by molar-refractivity contribution is 6.17. The lowest BCUT2D eigenvalue weighted by Gasteiger charge is -2.02. The van der Waals surface area contributed by atoms with Gasteiger partial charge in [0, 0.05) is 24.2 Å². The van der Waals surface area contributed by atoms with Crippen molar-refractivity contribution in [3.8, 4) is 5.69 Å². The number of pyridine rings is 1. The lowest BCUT2D eigenvalue weighted by molar-refractivity contribution is 0.831. The Kier molecular flexibility index (Phi) is 2.40. The summed E-state index contributed by atoms with van der Waals surface area (Å²) in [6.07, 6.45) is 8.12. The van der Waals surface area contributed by atoms with E-state index in [1.54, 1.807) is 12.4 Å². The van der Waals surface area contributed by atoms with E-state index < -0.39 is 0 Å². The summed E-state index contributed by atoms with van der Waals surface area (Å²) in [6.45, 7) is 0. The van der Waals surface area contributed by atoms with Gasteiger partial charge in [-0.05, 0) is 30.5 Å². The van der Waals surface area contributed by atoms with Crippen LogP contribution in [0.4, 0.5) is 0 Å². The molecule has 4 heteroatoms. The number of nitrogens with zero attached hydrogens (tertiary/aromatic N) is 3. The van der Waals surface area contributed by atoms with Gasteiger partial charge >= 0.3 is 0 Å². The average Bonchev–Trinajstić information content (AvgIpc) is 3.07. The van der Waals surface area contributed by atoms with Gasteiger partial charge < -0.3 is 0 Å². The zero-order valence-corrected chi connectivity index (χ0v) is 9.56. The minimum atomic E-state index is 0.484. The van der Waals surface area contributed by atoms with E-state index in [1.807, 2.05) is 16.9 Å². The number of alkyl halides is 1. The number of hydrogen-bond donors (Lipinski definition) is 0. The molecule has 3 nitrogen and oxygen atoms in total. The lowest BCUT2D eigenvalue weighted by Crippen LogP contribution is -1.97. The molecular formula is C12H12ClN3. The third-order valence-electron chi connectivity index (χ3n) is 2.80. The fraction of sp³-hybridized carbons (Fsp3) is 0.333. The molecular weight excluding hydrogens is 222 g/mol. The molecule has 0 atom stereocenters. The third-order valence-corrected chi connectivity index (χ3v) is 3.11. The molecule has 0 radical (unpaired) electrons. The van der Waals surface area contributed by atoms with Crippen molar-refractivity contribution in [1.82, 2.24) is 14.8 Å². The van der Waals surface area contributed by atoms with Gasteiger partial charge in [-0.2, -0.15) is 5.10 Å². The van der Waals surface area contributed by atoms with E-state index in [2.05, 4.69) is 16.1 Å². The molecule has 2 aromatic rings. The predicted molar refractivity (Wildman–Crippen MR) is 62.9 cm³/mol. The maximum atomic E-state index is 5.78. The number of aromatic nitrogens is 3. The van der Waals surface area contributed by atoms with E-state index in [1.165, 1.54) is 18.5 Å². The van der Waals surface area contributed by atoms with Crippen LogP contribution in [0.3, 0.4) is 0 Å². The van der Waals surface area contributed by atoms with Gasteiger partial charge in [0.15, 0.2) is 0 Å². The van der Waals surface area contributed by atoms with Crippen molar-refractivity contribution in [3.05, 3.63) is 42.0 Å². The molecule has 1 fully saturated rings. The Morgan fingerprint density at radius 2 is 2.25 bits per heavy atom. The van der Waals surface area contributed by atoms with Gasteiger partial charge in [-0.15, -0.1) is 11.6 Å². The van der Waals surface area contributed by atoms with Crippen LogP contribution in [-0.4, -0.2) is 14.8 Å². The second-order valence-corrected chi connectivity index (χ2v) is 4.41. The first-order valence-electron chi connectivity index (χ1n) is 5.42. The van der Waals surface area contributed by atoms with E-state index in [0.717, 1.165) is 11.3 Å². The first kappa shape index (κ1) is 9.85. The van der Waals surface area contributed by atoms with E-state index in [4.69, 9.17) is 11.6 Å². The van der Waals surface area contributed by atoms with E-state index in [0.29, 0.717) is 11.8 Å². The molecule has 1 aliphatic rings. The van der Waals surface area contributed by atoms with Crippen molar-refractivity contribution in [3.63, 3.8) is 0 Å². The molecule has 2 heterocycles. The summed E-state index contributed by atoms with van der Waals surface area (Å²) in [5.41, 5.74) is 3.18. The monoisotopic (exact) mass is 233 g/mol. The largest absolute Gasteiger partial charge is 0.262 e. The van der Waals surface area contributed by atoms with Crippen LogP contribution in [0.5, 0.6) is 0 Å². The Morgan fingerprint density at radius 3 is 3.00 bits per heavy atom. The highest BCUT2D eigenvalue weighted by atomic mass is 35.5. The van der Waals surface area contributed by atoms with Crippen LogP contribution in [0.2, 0.25) is 0 Å². The molecule has 0 N–H and O–H groups in total. The summed E-state index contributed by atoms with van der Waals surface area (Å²) < 4.78 is 1.87. The SMILES string of the molecule is ClCc1cncc(-n2ccc(C3CC3)n2)c1. The Hall–Kier alpha value is -1.35. The van der Waals surface area contributed by atoms with Gasteiger partial charge in [-0.3, -0.25) is 4.98 Å². The standard InChI is InChI=1S/C12H12ClN3/c13-6-9-5-11(8-14-7-9)16-4-3-12(15-16)10-1-2-10/h3-5,7-8,10H,1-2,6H2. The van der Waals surface area contributed by atoms with Gasteiger partial charge in [0.1, 0.15) is 0 Å². The number of halogens is 1. The van der Waals surface area contributed by atoms with Gasteiger partial charge in [0.25, 0.3) is 0 Å². The number of rotatable bonds is 3. The van der Waals surface area contributed by atoms with Gasteiger partial charge in [0.05, 0.1) is 17.6 Å². The lowest BCUT2D eigenvalue weighted by atomic mass is 10.3. The quantitative estimate of drug-likeness (QED) is 0.764. The fourth-order valence-corrected chi connectivity index (χ4v) is 1.90. The van der Waals surface area contributed by atoms with Crippen molar-refractivity contribution in [2.24, 2.45) is 0 Å². The van der Waals surface area contributed by atoms with Gasteiger partial charge in [0.2, 0.25) is 0 Å². The Bertz CT molecular complexity index is 502. The van der Waals surface area contributed by atoms with Crippen LogP contribution in [0, 0.1) is 0 Å². The molecule has 0 unspecified atom stereocenters. The zero-order chi connectivity index (χ0) is 11.0. The fourth-order valence-electron chi connectivity index (χ4n) is 1.75. The van der Waals surface area contributed by atoms with Crippen LogP contribution in [0.25, 0.3) is 5.69 Å². The van der Waals surface area contributed by atoms with Crippen molar-refractivity contribution in [2.75, 3.05) is 0 Å². The predicted octanol–water partition coefficient (Wildman–Crippen LogP) is 2.88. The van der Waals surface area contributed by atoms with Crippen molar-refractivity contribution in [2.45, 2.75) is 24.6 Å². The molecule has 1 saturated carbocycles. The van der Waals surface area contributed by atoms with Crippen LogP contribution in [0.15, 0.2) is 30.7 Å². The summed E-state index contributed by atoms with van der Waals surface area (Å²) in [4.78, 5) is 4.16. The van der Waals surface area contributed by atoms with Crippen LogP contribution in [0.1, 0.15) is 30.0 Å². The summed E-state index contributed by atoms with van der Waals surface area (Å²) in [5, 5.41) is 4.55. The molecule has 0 bridgehead atoms. The molecule has 0 amide bonds. The second-order valence-electron chi connectivity index (χ2n) is 4.14. The van der Waals surface area contributed by atoms with Crippen LogP contribution < -0.4 is 0 Å². The van der Waals surface area contributed by atoms with Crippen molar-refractivity contribution >= 4 is 11.6 Å². The van der Waals surface area contributed by atoms with E-state index in [-0.39, 0.29) is 0 Å². The zero-order valence-electron chi connectivity index (χ0n) is 8.81. The first-order valence-corrected chi connectivity index (χ1v) is 5.96. The highest BCUT2D eigenvalue weighted by Gasteiger charge is 2.25. The molecule has 2 aromatic heterocycles. The topological polar surface area (TPSA) is 30.7 Å². The third kappa shape index (κ3) is 1.83. The summed E-state index contributed by atoms with van der Waals surface area (Å²) in [6, 6.07) is 4.11. The Balaban J connectivity index is 1.93. The minimum Gasteiger partial charge on any atom is -0.262 e. The molecule has 0 aliphatic heterocycles. The Labute approximate surface area is 99.1 Å². The molecule has 16 heavy (non-hydrogen) atoms. The Morgan fingerprint density at radius 1 is 1.38 bits per heavy atom. The van der Waals surface area contributed by atoms with Crippen LogP contribution >= 0.6 is 11.6 Å². The van der Waals surface area contributed by atoms with Crippen LogP contribution in [-0.2, 0) is 5.88 Å². The second kappa shape index (κ2) is 3.91. The molecule has 0 aromatic carbocycles. The summed E-state index contributed by atoms with van der Waals surface area (Å²) in [5.74, 6) is 1.17. The smallest absolute Gasteiger partial charge is 0.0831 e. The maximum Gasteiger partial charge on any atom is 0.0831 e. The van der Waals surface area contributed by atoms with E-state index in [9.17, 15) is 0 Å². The van der Waals surface area contributed by atoms with Crippen molar-refractivity contribution in [1.29, 1.82) is 0 Å². The average molecular weight is 234 g/mol.